The summed E-state index contributed by atoms with van der Waals surface area (Å²) in [5, 5.41) is 23.6. The van der Waals surface area contributed by atoms with Crippen molar-refractivity contribution in [1.82, 2.24) is 5.32 Å². The zero-order valence-corrected chi connectivity index (χ0v) is 24.7. The van der Waals surface area contributed by atoms with E-state index in [2.05, 4.69) is 39.2 Å². The summed E-state index contributed by atoms with van der Waals surface area (Å²) in [4.78, 5) is 25.0. The van der Waals surface area contributed by atoms with Crippen LogP contribution in [0, 0.1) is 0 Å². The molecule has 4 rings (SSSR count). The molecule has 3 aromatic rings. The van der Waals surface area contributed by atoms with E-state index in [0.717, 1.165) is 48.2 Å². The molecule has 226 valence electrons. The maximum atomic E-state index is 13.4. The highest BCUT2D eigenvalue weighted by Gasteiger charge is 2.31. The number of anilines is 2. The third kappa shape index (κ3) is 8.71. The van der Waals surface area contributed by atoms with Crippen LogP contribution in [0.2, 0.25) is 0 Å². The molecular weight excluding hydrogens is 627 g/mol. The van der Waals surface area contributed by atoms with Gasteiger partial charge in [0, 0.05) is 28.0 Å². The third-order valence-corrected chi connectivity index (χ3v) is 7.44. The van der Waals surface area contributed by atoms with Gasteiger partial charge < -0.3 is 25.7 Å². The fourth-order valence-corrected chi connectivity index (χ4v) is 5.17. The van der Waals surface area contributed by atoms with Crippen molar-refractivity contribution in [2.24, 2.45) is 0 Å². The summed E-state index contributed by atoms with van der Waals surface area (Å²) in [7, 11) is 0. The molecule has 0 saturated carbocycles. The quantitative estimate of drug-likeness (QED) is 0.174. The lowest BCUT2D eigenvalue weighted by Crippen LogP contribution is -2.36. The van der Waals surface area contributed by atoms with Crippen LogP contribution >= 0.6 is 15.9 Å². The standard InChI is InChI=1S/C32H31BrF3N3O4/c1-20(38-27-16-25(32(34,35)36)15-26(33)17-27)39(28-13-11-23(12-14-28)22-5-3-2-4-6-22)19-21-7-9-24(10-8-21)30(41)37-18-29(40)31(42)43/h5,7-17,29,38,40H,1-4,6,18-19H2,(H,37,41)(H,42,43). The predicted molar refractivity (Wildman–Crippen MR) is 163 cm³/mol. The van der Waals surface area contributed by atoms with Crippen molar-refractivity contribution < 1.29 is 33.0 Å². The van der Waals surface area contributed by atoms with E-state index in [1.54, 1.807) is 24.3 Å². The summed E-state index contributed by atoms with van der Waals surface area (Å²) in [6.07, 6.45) is 0.390. The Morgan fingerprint density at radius 3 is 2.33 bits per heavy atom. The first-order chi connectivity index (χ1) is 20.4. The lowest BCUT2D eigenvalue weighted by Gasteiger charge is -2.28. The predicted octanol–water partition coefficient (Wildman–Crippen LogP) is 7.19. The number of carboxylic acids is 1. The molecule has 43 heavy (non-hydrogen) atoms. The Balaban J connectivity index is 1.57. The van der Waals surface area contributed by atoms with Crippen LogP contribution in [0.4, 0.5) is 24.5 Å². The van der Waals surface area contributed by atoms with Crippen molar-refractivity contribution in [1.29, 1.82) is 0 Å². The molecule has 1 aliphatic rings. The Hall–Kier alpha value is -4.09. The molecule has 0 spiro atoms. The van der Waals surface area contributed by atoms with Crippen molar-refractivity contribution in [3.63, 3.8) is 0 Å². The second-order valence-electron chi connectivity index (χ2n) is 10.2. The highest BCUT2D eigenvalue weighted by atomic mass is 79.9. The number of aliphatic carboxylic acids is 1. The van der Waals surface area contributed by atoms with E-state index in [9.17, 15) is 27.9 Å². The highest BCUT2D eigenvalue weighted by Crippen LogP contribution is 2.35. The van der Waals surface area contributed by atoms with Crippen LogP contribution in [0.25, 0.3) is 5.57 Å². The average molecular weight is 659 g/mol. The summed E-state index contributed by atoms with van der Waals surface area (Å²) in [5.74, 6) is -1.65. The molecule has 4 N–H and O–H groups in total. The maximum absolute atomic E-state index is 13.4. The van der Waals surface area contributed by atoms with Crippen LogP contribution in [0.1, 0.15) is 52.7 Å². The first kappa shape index (κ1) is 31.8. The third-order valence-electron chi connectivity index (χ3n) is 6.98. The molecule has 0 heterocycles. The summed E-state index contributed by atoms with van der Waals surface area (Å²) >= 11 is 3.16. The number of halogens is 4. The van der Waals surface area contributed by atoms with Gasteiger partial charge in [-0.1, -0.05) is 52.9 Å². The Morgan fingerprint density at radius 1 is 1.02 bits per heavy atom. The fraction of sp³-hybridized carbons (Fsp3) is 0.250. The SMILES string of the molecule is C=C(Nc1cc(Br)cc(C(F)(F)F)c1)N(Cc1ccc(C(=O)NCC(O)C(=O)O)cc1)c1ccc(C2=CCCCC2)cc1. The van der Waals surface area contributed by atoms with E-state index in [-0.39, 0.29) is 22.3 Å². The molecule has 7 nitrogen and oxygen atoms in total. The number of hydrogen-bond donors (Lipinski definition) is 4. The Morgan fingerprint density at radius 2 is 1.72 bits per heavy atom. The van der Waals surface area contributed by atoms with Crippen LogP contribution in [0.3, 0.4) is 0 Å². The molecule has 1 atom stereocenters. The minimum absolute atomic E-state index is 0.205. The van der Waals surface area contributed by atoms with E-state index < -0.39 is 36.3 Å². The number of hydrogen-bond acceptors (Lipinski definition) is 5. The van der Waals surface area contributed by atoms with Crippen LogP contribution in [0.15, 0.2) is 89.7 Å². The number of allylic oxidation sites excluding steroid dienone is 2. The number of amides is 1. The number of carboxylic acid groups (broad SMARTS) is 1. The van der Waals surface area contributed by atoms with E-state index in [1.807, 2.05) is 29.2 Å². The number of benzene rings is 3. The zero-order valence-electron chi connectivity index (χ0n) is 23.1. The minimum Gasteiger partial charge on any atom is -0.479 e. The molecule has 0 aromatic heterocycles. The smallest absolute Gasteiger partial charge is 0.416 e. The Labute approximate surface area is 255 Å². The van der Waals surface area contributed by atoms with Gasteiger partial charge in [-0.2, -0.15) is 13.2 Å². The molecule has 0 saturated heterocycles. The molecule has 3 aromatic carbocycles. The van der Waals surface area contributed by atoms with Crippen LogP contribution in [-0.2, 0) is 17.5 Å². The molecule has 1 aliphatic carbocycles. The number of carbonyl (C=O) groups is 2. The molecule has 0 aliphatic heterocycles. The zero-order chi connectivity index (χ0) is 31.1. The maximum Gasteiger partial charge on any atom is 0.416 e. The first-order valence-corrected chi connectivity index (χ1v) is 14.4. The number of aliphatic hydroxyl groups is 1. The largest absolute Gasteiger partial charge is 0.479 e. The molecule has 11 heteroatoms. The summed E-state index contributed by atoms with van der Waals surface area (Å²) in [6, 6.07) is 18.0. The van der Waals surface area contributed by atoms with Crippen LogP contribution < -0.4 is 15.5 Å². The molecule has 1 amide bonds. The van der Waals surface area contributed by atoms with E-state index in [4.69, 9.17) is 5.11 Å². The number of carbonyl (C=O) groups excluding carboxylic acids is 1. The molecule has 0 bridgehead atoms. The van der Waals surface area contributed by atoms with Crippen molar-refractivity contribution >= 4 is 44.8 Å². The van der Waals surface area contributed by atoms with Gasteiger partial charge in [0.1, 0.15) is 5.82 Å². The second-order valence-corrected chi connectivity index (χ2v) is 11.1. The molecule has 0 radical (unpaired) electrons. The van der Waals surface area contributed by atoms with Crippen molar-refractivity contribution in [3.8, 4) is 0 Å². The van der Waals surface area contributed by atoms with Crippen LogP contribution in [0.5, 0.6) is 0 Å². The normalized spacial score (nSPS) is 13.9. The van der Waals surface area contributed by atoms with Crippen LogP contribution in [-0.4, -0.2) is 34.7 Å². The number of aliphatic hydroxyl groups excluding tert-OH is 1. The van der Waals surface area contributed by atoms with Crippen molar-refractivity contribution in [3.05, 3.63) is 112 Å². The lowest BCUT2D eigenvalue weighted by atomic mass is 9.93. The van der Waals surface area contributed by atoms with E-state index >= 15 is 0 Å². The minimum atomic E-state index is -4.52. The molecule has 1 unspecified atom stereocenters. The average Bonchev–Trinajstić information content (AvgIpc) is 2.98. The number of rotatable bonds is 11. The topological polar surface area (TPSA) is 102 Å². The number of nitrogens with zero attached hydrogens (tertiary/aromatic N) is 1. The van der Waals surface area contributed by atoms with Gasteiger partial charge in [-0.3, -0.25) is 4.79 Å². The van der Waals surface area contributed by atoms with Crippen molar-refractivity contribution in [2.75, 3.05) is 16.8 Å². The molecule has 0 fully saturated rings. The van der Waals surface area contributed by atoms with Gasteiger partial charge >= 0.3 is 12.1 Å². The lowest BCUT2D eigenvalue weighted by molar-refractivity contribution is -0.146. The Kier molecular flexibility index (Phi) is 10.3. The highest BCUT2D eigenvalue weighted by molar-refractivity contribution is 9.10. The number of nitrogens with one attached hydrogen (secondary N) is 2. The second kappa shape index (κ2) is 13.9. The van der Waals surface area contributed by atoms with Gasteiger partial charge in [0.15, 0.2) is 6.10 Å². The van der Waals surface area contributed by atoms with E-state index in [0.29, 0.717) is 5.82 Å². The molecular formula is C32H31BrF3N3O4. The van der Waals surface area contributed by atoms with Gasteiger partial charge in [0.2, 0.25) is 0 Å². The summed E-state index contributed by atoms with van der Waals surface area (Å²) in [5.41, 5.74) is 3.60. The summed E-state index contributed by atoms with van der Waals surface area (Å²) in [6.45, 7) is 3.96. The van der Waals surface area contributed by atoms with Gasteiger partial charge in [0.25, 0.3) is 5.91 Å². The van der Waals surface area contributed by atoms with E-state index in [1.165, 1.54) is 18.1 Å². The number of alkyl halides is 3. The van der Waals surface area contributed by atoms with Gasteiger partial charge in [-0.15, -0.1) is 0 Å². The monoisotopic (exact) mass is 657 g/mol. The first-order valence-electron chi connectivity index (χ1n) is 13.6. The Bertz CT molecular complexity index is 1510. The van der Waals surface area contributed by atoms with Gasteiger partial charge in [0.05, 0.1) is 12.1 Å². The summed E-state index contributed by atoms with van der Waals surface area (Å²) < 4.78 is 40.6. The fourth-order valence-electron chi connectivity index (χ4n) is 4.68. The van der Waals surface area contributed by atoms with Gasteiger partial charge in [-0.25, -0.2) is 4.79 Å². The van der Waals surface area contributed by atoms with Gasteiger partial charge in [-0.05, 0) is 84.8 Å². The van der Waals surface area contributed by atoms with Crippen molar-refractivity contribution in [2.45, 2.75) is 44.5 Å².